The van der Waals surface area contributed by atoms with Gasteiger partial charge in [0.2, 0.25) is 5.13 Å². The maximum Gasteiger partial charge on any atom is 0.206 e. The van der Waals surface area contributed by atoms with Gasteiger partial charge in [0.15, 0.2) is 4.34 Å². The first kappa shape index (κ1) is 13.6. The molecule has 0 aromatic carbocycles. The van der Waals surface area contributed by atoms with E-state index in [2.05, 4.69) is 21.6 Å². The van der Waals surface area contributed by atoms with Crippen LogP contribution in [-0.4, -0.2) is 35.2 Å². The van der Waals surface area contributed by atoms with Gasteiger partial charge in [0, 0.05) is 25.3 Å². The highest BCUT2D eigenvalue weighted by molar-refractivity contribution is 8.01. The first-order chi connectivity index (χ1) is 8.88. The second kappa shape index (κ2) is 7.56. The number of nitrogens with one attached hydrogen (secondary N) is 1. The van der Waals surface area contributed by atoms with E-state index in [9.17, 15) is 0 Å². The van der Waals surface area contributed by atoms with E-state index >= 15 is 0 Å². The minimum atomic E-state index is 0.320. The molecule has 1 aliphatic rings. The highest BCUT2D eigenvalue weighted by atomic mass is 32.2. The molecule has 0 radical (unpaired) electrons. The molecule has 2 rings (SSSR count). The van der Waals surface area contributed by atoms with Gasteiger partial charge in [-0.25, -0.2) is 0 Å². The number of aromatic nitrogens is 2. The smallest absolute Gasteiger partial charge is 0.206 e. The van der Waals surface area contributed by atoms with Crippen molar-refractivity contribution in [3.63, 3.8) is 0 Å². The second-order valence-corrected chi connectivity index (χ2v) is 6.32. The molecular weight excluding hydrogens is 268 g/mol. The van der Waals surface area contributed by atoms with Gasteiger partial charge in [0.25, 0.3) is 0 Å². The van der Waals surface area contributed by atoms with E-state index in [1.807, 2.05) is 0 Å². The Morgan fingerprint density at radius 1 is 1.56 bits per heavy atom. The number of hydrogen-bond acceptors (Lipinski definition) is 7. The molecule has 0 saturated carbocycles. The highest BCUT2D eigenvalue weighted by Crippen LogP contribution is 2.26. The van der Waals surface area contributed by atoms with E-state index in [0.29, 0.717) is 12.5 Å². The van der Waals surface area contributed by atoms with Gasteiger partial charge in [-0.15, -0.1) is 10.2 Å². The van der Waals surface area contributed by atoms with Crippen LogP contribution in [0.3, 0.4) is 0 Å². The van der Waals surface area contributed by atoms with Crippen LogP contribution in [0.5, 0.6) is 0 Å². The molecule has 1 aromatic heterocycles. The average Bonchev–Trinajstić information content (AvgIpc) is 3.03. The molecule has 1 aliphatic heterocycles. The van der Waals surface area contributed by atoms with Crippen molar-refractivity contribution in [2.24, 2.45) is 0 Å². The van der Waals surface area contributed by atoms with Gasteiger partial charge in [-0.1, -0.05) is 23.1 Å². The largest absolute Gasteiger partial charge is 0.376 e. The van der Waals surface area contributed by atoms with Gasteiger partial charge in [-0.05, 0) is 19.3 Å². The lowest BCUT2D eigenvalue weighted by molar-refractivity contribution is 0.120. The Bertz CT molecular complexity index is 398. The summed E-state index contributed by atoms with van der Waals surface area (Å²) in [5, 5.41) is 20.7. The Morgan fingerprint density at radius 3 is 3.28 bits per heavy atom. The summed E-state index contributed by atoms with van der Waals surface area (Å²) >= 11 is 3.23. The average molecular weight is 284 g/mol. The van der Waals surface area contributed by atoms with Crippen LogP contribution in [0.2, 0.25) is 0 Å². The number of unbranched alkanes of at least 4 members (excludes halogenated alkanes) is 1. The van der Waals surface area contributed by atoms with Crippen LogP contribution in [0.4, 0.5) is 5.13 Å². The van der Waals surface area contributed by atoms with Gasteiger partial charge in [-0.2, -0.15) is 5.26 Å². The van der Waals surface area contributed by atoms with Gasteiger partial charge in [0.1, 0.15) is 0 Å². The monoisotopic (exact) mass is 284 g/mol. The number of thioether (sulfide) groups is 1. The predicted molar refractivity (Wildman–Crippen MR) is 72.9 cm³/mol. The van der Waals surface area contributed by atoms with Crippen LogP contribution < -0.4 is 5.32 Å². The Labute approximate surface area is 115 Å². The van der Waals surface area contributed by atoms with Crippen molar-refractivity contribution in [2.45, 2.75) is 36.1 Å². The van der Waals surface area contributed by atoms with E-state index in [1.54, 1.807) is 23.1 Å². The Kier molecular flexibility index (Phi) is 5.71. The summed E-state index contributed by atoms with van der Waals surface area (Å²) in [7, 11) is 0. The molecular formula is C11H16N4OS2. The van der Waals surface area contributed by atoms with Gasteiger partial charge < -0.3 is 10.1 Å². The molecule has 7 heteroatoms. The Morgan fingerprint density at radius 2 is 2.50 bits per heavy atom. The number of hydrogen-bond donors (Lipinski definition) is 1. The third kappa shape index (κ3) is 4.44. The van der Waals surface area contributed by atoms with Crippen LogP contribution in [0, 0.1) is 11.3 Å². The van der Waals surface area contributed by atoms with E-state index in [-0.39, 0.29) is 0 Å². The molecule has 0 bridgehead atoms. The molecule has 0 spiro atoms. The minimum absolute atomic E-state index is 0.320. The second-order valence-electron chi connectivity index (χ2n) is 4.00. The van der Waals surface area contributed by atoms with Crippen molar-refractivity contribution in [3.05, 3.63) is 0 Å². The third-order valence-electron chi connectivity index (χ3n) is 2.57. The molecule has 2 heterocycles. The zero-order valence-electron chi connectivity index (χ0n) is 10.1. The molecule has 1 atom stereocenters. The molecule has 1 saturated heterocycles. The van der Waals surface area contributed by atoms with Crippen molar-refractivity contribution >= 4 is 28.2 Å². The minimum Gasteiger partial charge on any atom is -0.376 e. The quantitative estimate of drug-likeness (QED) is 0.613. The third-order valence-corrected chi connectivity index (χ3v) is 4.67. The van der Waals surface area contributed by atoms with Gasteiger partial charge in [-0.3, -0.25) is 0 Å². The van der Waals surface area contributed by atoms with E-state index < -0.39 is 0 Å². The molecule has 18 heavy (non-hydrogen) atoms. The lowest BCUT2D eigenvalue weighted by atomic mass is 10.2. The number of anilines is 1. The summed E-state index contributed by atoms with van der Waals surface area (Å²) < 4.78 is 6.49. The fourth-order valence-electron chi connectivity index (χ4n) is 1.66. The Hall–Kier alpha value is -0.840. The van der Waals surface area contributed by atoms with Crippen LogP contribution in [-0.2, 0) is 4.74 Å². The summed E-state index contributed by atoms with van der Waals surface area (Å²) in [5.41, 5.74) is 0. The van der Waals surface area contributed by atoms with Gasteiger partial charge in [0.05, 0.1) is 12.2 Å². The fraction of sp³-hybridized carbons (Fsp3) is 0.727. The van der Waals surface area contributed by atoms with Crippen LogP contribution in [0.1, 0.15) is 25.7 Å². The molecule has 1 aromatic rings. The van der Waals surface area contributed by atoms with E-state index in [1.165, 1.54) is 0 Å². The van der Waals surface area contributed by atoms with Crippen molar-refractivity contribution in [1.29, 1.82) is 5.26 Å². The molecule has 98 valence electrons. The number of nitrogens with zero attached hydrogens (tertiary/aromatic N) is 3. The van der Waals surface area contributed by atoms with Crippen molar-refractivity contribution < 1.29 is 4.74 Å². The van der Waals surface area contributed by atoms with E-state index in [4.69, 9.17) is 10.00 Å². The highest BCUT2D eigenvalue weighted by Gasteiger charge is 2.15. The van der Waals surface area contributed by atoms with Crippen LogP contribution in [0.25, 0.3) is 0 Å². The maximum atomic E-state index is 8.43. The number of ether oxygens (including phenoxy) is 1. The van der Waals surface area contributed by atoms with Crippen LogP contribution >= 0.6 is 23.1 Å². The Balaban J connectivity index is 1.67. The standard InChI is InChI=1S/C11H16N4OS2/c12-5-1-2-7-17-11-15-14-10(18-11)13-8-9-4-3-6-16-9/h9H,1-4,6-8H2,(H,13,14)/t9-/m1/s1. The zero-order valence-corrected chi connectivity index (χ0v) is 11.7. The topological polar surface area (TPSA) is 70.8 Å². The first-order valence-corrected chi connectivity index (χ1v) is 7.87. The lowest BCUT2D eigenvalue weighted by Gasteiger charge is -2.08. The number of nitriles is 1. The van der Waals surface area contributed by atoms with Crippen LogP contribution in [0.15, 0.2) is 4.34 Å². The van der Waals surface area contributed by atoms with Gasteiger partial charge >= 0.3 is 0 Å². The van der Waals surface area contributed by atoms with Crippen molar-refractivity contribution in [3.8, 4) is 6.07 Å². The molecule has 1 fully saturated rings. The lowest BCUT2D eigenvalue weighted by Crippen LogP contribution is -2.18. The molecule has 1 N–H and O–H groups in total. The summed E-state index contributed by atoms with van der Waals surface area (Å²) in [5.74, 6) is 0.925. The summed E-state index contributed by atoms with van der Waals surface area (Å²) in [6.45, 7) is 1.69. The van der Waals surface area contributed by atoms with Crippen molar-refractivity contribution in [2.75, 3.05) is 24.2 Å². The SMILES string of the molecule is N#CCCCSc1nnc(NC[C@H]2CCCO2)s1. The maximum absolute atomic E-state index is 8.43. The molecule has 0 amide bonds. The summed E-state index contributed by atoms with van der Waals surface area (Å²) in [6.07, 6.45) is 4.11. The summed E-state index contributed by atoms with van der Waals surface area (Å²) in [6, 6.07) is 2.14. The molecule has 0 unspecified atom stereocenters. The fourth-order valence-corrected chi connectivity index (χ4v) is 3.43. The first-order valence-electron chi connectivity index (χ1n) is 6.07. The molecule has 5 nitrogen and oxygen atoms in total. The molecule has 0 aliphatic carbocycles. The van der Waals surface area contributed by atoms with E-state index in [0.717, 1.165) is 47.6 Å². The predicted octanol–water partition coefficient (Wildman–Crippen LogP) is 2.52. The zero-order chi connectivity index (χ0) is 12.6. The summed E-state index contributed by atoms with van der Waals surface area (Å²) in [4.78, 5) is 0. The number of rotatable bonds is 7. The van der Waals surface area contributed by atoms with Crippen molar-refractivity contribution in [1.82, 2.24) is 10.2 Å². The normalized spacial score (nSPS) is 18.7.